The maximum Gasteiger partial charge on any atom is 0.0798 e. The van der Waals surface area contributed by atoms with Crippen molar-refractivity contribution in [1.29, 1.82) is 0 Å². The maximum absolute atomic E-state index is 4.36. The summed E-state index contributed by atoms with van der Waals surface area (Å²) in [4.78, 5) is 8.31. The van der Waals surface area contributed by atoms with Crippen LogP contribution >= 0.6 is 11.3 Å². The fourth-order valence-electron chi connectivity index (χ4n) is 2.60. The van der Waals surface area contributed by atoms with Gasteiger partial charge in [-0.3, -0.25) is 4.90 Å². The molecule has 3 nitrogen and oxygen atoms in total. The minimum absolute atomic E-state index is 0.469. The van der Waals surface area contributed by atoms with Crippen LogP contribution in [0.25, 0.3) is 0 Å². The Morgan fingerprint density at radius 1 is 1.37 bits per heavy atom. The molecular formula is C15H19N3S. The summed E-state index contributed by atoms with van der Waals surface area (Å²) in [5.41, 5.74) is 4.52. The van der Waals surface area contributed by atoms with Crippen molar-refractivity contribution in [1.82, 2.24) is 15.2 Å². The SMILES string of the molecule is Cc1ncsc1CN1CCNCC1c1ccccc1. The van der Waals surface area contributed by atoms with Gasteiger partial charge in [0.15, 0.2) is 0 Å². The fourth-order valence-corrected chi connectivity index (χ4v) is 3.40. The monoisotopic (exact) mass is 273 g/mol. The van der Waals surface area contributed by atoms with Crippen LogP contribution in [0.1, 0.15) is 22.2 Å². The zero-order valence-corrected chi connectivity index (χ0v) is 12.0. The topological polar surface area (TPSA) is 28.2 Å². The molecule has 0 bridgehead atoms. The summed E-state index contributed by atoms with van der Waals surface area (Å²) in [5.74, 6) is 0. The maximum atomic E-state index is 4.36. The van der Waals surface area contributed by atoms with Crippen molar-refractivity contribution in [3.05, 3.63) is 52.0 Å². The molecule has 2 aromatic rings. The zero-order chi connectivity index (χ0) is 13.1. The first-order valence-electron chi connectivity index (χ1n) is 6.73. The average molecular weight is 273 g/mol. The Balaban J connectivity index is 1.80. The second-order valence-corrected chi connectivity index (χ2v) is 5.90. The van der Waals surface area contributed by atoms with E-state index < -0.39 is 0 Å². The first-order valence-corrected chi connectivity index (χ1v) is 7.61. The van der Waals surface area contributed by atoms with E-state index in [4.69, 9.17) is 0 Å². The molecule has 0 saturated carbocycles. The predicted octanol–water partition coefficient (Wildman–Crippen LogP) is 2.60. The number of aromatic nitrogens is 1. The van der Waals surface area contributed by atoms with E-state index in [-0.39, 0.29) is 0 Å². The van der Waals surface area contributed by atoms with Gasteiger partial charge in [0.05, 0.1) is 11.2 Å². The molecule has 1 atom stereocenters. The predicted molar refractivity (Wildman–Crippen MR) is 79.3 cm³/mol. The Bertz CT molecular complexity index is 523. The van der Waals surface area contributed by atoms with Crippen LogP contribution in [0.15, 0.2) is 35.8 Å². The largest absolute Gasteiger partial charge is 0.314 e. The standard InChI is InChI=1S/C15H19N3S/c1-12-15(19-11-17-12)10-18-8-7-16-9-14(18)13-5-3-2-4-6-13/h2-6,11,14,16H,7-10H2,1H3. The van der Waals surface area contributed by atoms with E-state index in [1.165, 1.54) is 16.1 Å². The lowest BCUT2D eigenvalue weighted by molar-refractivity contribution is 0.155. The van der Waals surface area contributed by atoms with Gasteiger partial charge in [-0.25, -0.2) is 4.98 Å². The van der Waals surface area contributed by atoms with Crippen LogP contribution in [-0.2, 0) is 6.54 Å². The lowest BCUT2D eigenvalue weighted by Gasteiger charge is -2.36. The van der Waals surface area contributed by atoms with Crippen LogP contribution in [-0.4, -0.2) is 29.5 Å². The first kappa shape index (κ1) is 12.8. The number of nitrogens with zero attached hydrogens (tertiary/aromatic N) is 2. The molecule has 100 valence electrons. The average Bonchev–Trinajstić information content (AvgIpc) is 2.86. The number of thiazole rings is 1. The summed E-state index contributed by atoms with van der Waals surface area (Å²) in [5, 5.41) is 3.50. The lowest BCUT2D eigenvalue weighted by Crippen LogP contribution is -2.45. The van der Waals surface area contributed by atoms with Crippen molar-refractivity contribution in [2.45, 2.75) is 19.5 Å². The number of benzene rings is 1. The van der Waals surface area contributed by atoms with Gasteiger partial charge in [0, 0.05) is 37.1 Å². The number of hydrogen-bond acceptors (Lipinski definition) is 4. The second-order valence-electron chi connectivity index (χ2n) is 4.96. The van der Waals surface area contributed by atoms with Gasteiger partial charge in [0.2, 0.25) is 0 Å². The molecule has 1 aliphatic rings. The van der Waals surface area contributed by atoms with Gasteiger partial charge < -0.3 is 5.32 Å². The van der Waals surface area contributed by atoms with E-state index in [2.05, 4.69) is 52.5 Å². The van der Waals surface area contributed by atoms with Crippen LogP contribution in [0.5, 0.6) is 0 Å². The normalized spacial score (nSPS) is 20.6. The molecule has 1 unspecified atom stereocenters. The molecule has 1 aromatic carbocycles. The second kappa shape index (κ2) is 5.82. The van der Waals surface area contributed by atoms with Gasteiger partial charge in [0.1, 0.15) is 0 Å². The van der Waals surface area contributed by atoms with E-state index in [1.54, 1.807) is 11.3 Å². The number of rotatable bonds is 3. The van der Waals surface area contributed by atoms with Gasteiger partial charge in [-0.2, -0.15) is 0 Å². The summed E-state index contributed by atoms with van der Waals surface area (Å²) in [7, 11) is 0. The molecule has 0 aliphatic carbocycles. The molecule has 0 amide bonds. The molecule has 4 heteroatoms. The third-order valence-corrected chi connectivity index (χ3v) is 4.65. The third-order valence-electron chi connectivity index (χ3n) is 3.73. The first-order chi connectivity index (χ1) is 9.34. The molecule has 0 spiro atoms. The smallest absolute Gasteiger partial charge is 0.0798 e. The quantitative estimate of drug-likeness (QED) is 0.931. The van der Waals surface area contributed by atoms with Gasteiger partial charge in [-0.05, 0) is 12.5 Å². The van der Waals surface area contributed by atoms with Gasteiger partial charge in [0.25, 0.3) is 0 Å². The van der Waals surface area contributed by atoms with Crippen molar-refractivity contribution in [3.8, 4) is 0 Å². The summed E-state index contributed by atoms with van der Waals surface area (Å²) in [6, 6.07) is 11.3. The van der Waals surface area contributed by atoms with Gasteiger partial charge >= 0.3 is 0 Å². The van der Waals surface area contributed by atoms with Crippen LogP contribution in [0, 0.1) is 6.92 Å². The van der Waals surface area contributed by atoms with Crippen molar-refractivity contribution in [2.24, 2.45) is 0 Å². The third kappa shape index (κ3) is 2.86. The van der Waals surface area contributed by atoms with Crippen molar-refractivity contribution < 1.29 is 0 Å². The van der Waals surface area contributed by atoms with Crippen molar-refractivity contribution >= 4 is 11.3 Å². The molecule has 19 heavy (non-hydrogen) atoms. The Kier molecular flexibility index (Phi) is 3.92. The number of hydrogen-bond donors (Lipinski definition) is 1. The summed E-state index contributed by atoms with van der Waals surface area (Å²) in [6.07, 6.45) is 0. The number of piperazine rings is 1. The Morgan fingerprint density at radius 3 is 2.95 bits per heavy atom. The summed E-state index contributed by atoms with van der Waals surface area (Å²) >= 11 is 1.77. The van der Waals surface area contributed by atoms with Crippen LogP contribution in [0.4, 0.5) is 0 Å². The van der Waals surface area contributed by atoms with Crippen molar-refractivity contribution in [2.75, 3.05) is 19.6 Å². The molecule has 1 saturated heterocycles. The van der Waals surface area contributed by atoms with Crippen LogP contribution < -0.4 is 5.32 Å². The molecule has 0 radical (unpaired) electrons. The van der Waals surface area contributed by atoms with Crippen LogP contribution in [0.2, 0.25) is 0 Å². The molecule has 2 heterocycles. The van der Waals surface area contributed by atoms with E-state index >= 15 is 0 Å². The molecular weight excluding hydrogens is 254 g/mol. The van der Waals surface area contributed by atoms with Crippen LogP contribution in [0.3, 0.4) is 0 Å². The molecule has 1 aliphatic heterocycles. The highest BCUT2D eigenvalue weighted by atomic mass is 32.1. The van der Waals surface area contributed by atoms with E-state index in [1.807, 2.05) is 5.51 Å². The molecule has 3 rings (SSSR count). The lowest BCUT2D eigenvalue weighted by atomic mass is 10.0. The molecule has 1 aromatic heterocycles. The number of aryl methyl sites for hydroxylation is 1. The Labute approximate surface area is 118 Å². The van der Waals surface area contributed by atoms with Gasteiger partial charge in [-0.15, -0.1) is 11.3 Å². The van der Waals surface area contributed by atoms with E-state index in [0.29, 0.717) is 6.04 Å². The fraction of sp³-hybridized carbons (Fsp3) is 0.400. The molecule has 1 fully saturated rings. The van der Waals surface area contributed by atoms with Crippen molar-refractivity contribution in [3.63, 3.8) is 0 Å². The summed E-state index contributed by atoms with van der Waals surface area (Å²) in [6.45, 7) is 6.31. The molecule has 1 N–H and O–H groups in total. The highest BCUT2D eigenvalue weighted by Gasteiger charge is 2.24. The zero-order valence-electron chi connectivity index (χ0n) is 11.2. The minimum Gasteiger partial charge on any atom is -0.314 e. The summed E-state index contributed by atoms with van der Waals surface area (Å²) < 4.78 is 0. The highest BCUT2D eigenvalue weighted by molar-refractivity contribution is 7.09. The Morgan fingerprint density at radius 2 is 2.21 bits per heavy atom. The van der Waals surface area contributed by atoms with E-state index in [0.717, 1.165) is 26.2 Å². The highest BCUT2D eigenvalue weighted by Crippen LogP contribution is 2.25. The number of nitrogens with one attached hydrogen (secondary N) is 1. The minimum atomic E-state index is 0.469. The Hall–Kier alpha value is -1.23. The van der Waals surface area contributed by atoms with E-state index in [9.17, 15) is 0 Å². The van der Waals surface area contributed by atoms with Gasteiger partial charge in [-0.1, -0.05) is 30.3 Å².